The highest BCUT2D eigenvalue weighted by molar-refractivity contribution is 4.82. The molecule has 0 aromatic rings. The van der Waals surface area contributed by atoms with Gasteiger partial charge in [-0.05, 0) is 53.4 Å². The summed E-state index contributed by atoms with van der Waals surface area (Å²) in [7, 11) is 1.92. The lowest BCUT2D eigenvalue weighted by atomic mass is 9.91. The Hall–Kier alpha value is -0.120. The summed E-state index contributed by atoms with van der Waals surface area (Å²) in [6.45, 7) is 15.1. The Bertz CT molecular complexity index is 217. The second-order valence-corrected chi connectivity index (χ2v) is 7.11. The first-order valence-electron chi connectivity index (χ1n) is 6.60. The summed E-state index contributed by atoms with van der Waals surface area (Å²) in [5.74, 6) is 6.53. The van der Waals surface area contributed by atoms with E-state index in [2.05, 4.69) is 48.5 Å². The lowest BCUT2D eigenvalue weighted by Gasteiger charge is -2.38. The molecule has 2 N–H and O–H groups in total. The maximum absolute atomic E-state index is 6.15. The van der Waals surface area contributed by atoms with Crippen LogP contribution in [-0.2, 0) is 4.74 Å². The van der Waals surface area contributed by atoms with Crippen LogP contribution in [0.4, 0.5) is 0 Å². The monoisotopic (exact) mass is 244 g/mol. The van der Waals surface area contributed by atoms with Crippen molar-refractivity contribution in [2.45, 2.75) is 78.6 Å². The summed E-state index contributed by atoms with van der Waals surface area (Å²) < 4.78 is 6.15. The van der Waals surface area contributed by atoms with Crippen LogP contribution in [0.1, 0.15) is 61.3 Å². The second-order valence-electron chi connectivity index (χ2n) is 7.11. The molecule has 0 fully saturated rings. The molecule has 0 rings (SSSR count). The maximum atomic E-state index is 6.15. The number of hydrogen-bond donors (Lipinski definition) is 1. The Morgan fingerprint density at radius 1 is 1.12 bits per heavy atom. The SMILES string of the molecule is CC(C)CC(CC(C)(C)N(C)N)OC(C)(C)C. The van der Waals surface area contributed by atoms with E-state index in [-0.39, 0.29) is 17.2 Å². The number of nitrogens with zero attached hydrogens (tertiary/aromatic N) is 1. The molecule has 0 aliphatic heterocycles. The van der Waals surface area contributed by atoms with Crippen molar-refractivity contribution >= 4 is 0 Å². The molecule has 0 spiro atoms. The third kappa shape index (κ3) is 7.74. The van der Waals surface area contributed by atoms with Gasteiger partial charge >= 0.3 is 0 Å². The quantitative estimate of drug-likeness (QED) is 0.576. The fourth-order valence-corrected chi connectivity index (χ4v) is 1.90. The van der Waals surface area contributed by atoms with Gasteiger partial charge in [0.2, 0.25) is 0 Å². The van der Waals surface area contributed by atoms with Crippen LogP contribution in [0.15, 0.2) is 0 Å². The first kappa shape index (κ1) is 16.9. The van der Waals surface area contributed by atoms with E-state index in [4.69, 9.17) is 10.6 Å². The van der Waals surface area contributed by atoms with Gasteiger partial charge in [0, 0.05) is 12.6 Å². The van der Waals surface area contributed by atoms with Crippen molar-refractivity contribution in [3.63, 3.8) is 0 Å². The van der Waals surface area contributed by atoms with Crippen LogP contribution >= 0.6 is 0 Å². The van der Waals surface area contributed by atoms with Crippen LogP contribution in [0.2, 0.25) is 0 Å². The molecule has 1 unspecified atom stereocenters. The van der Waals surface area contributed by atoms with Crippen molar-refractivity contribution in [2.75, 3.05) is 7.05 Å². The largest absolute Gasteiger partial charge is 0.373 e. The highest BCUT2D eigenvalue weighted by atomic mass is 16.5. The zero-order chi connectivity index (χ0) is 13.9. The van der Waals surface area contributed by atoms with Gasteiger partial charge in [-0.25, -0.2) is 5.01 Å². The molecule has 0 amide bonds. The minimum absolute atomic E-state index is 0.0369. The van der Waals surface area contributed by atoms with Gasteiger partial charge < -0.3 is 4.74 Å². The van der Waals surface area contributed by atoms with Gasteiger partial charge in [0.15, 0.2) is 0 Å². The van der Waals surface area contributed by atoms with Gasteiger partial charge in [0.1, 0.15) is 0 Å². The minimum atomic E-state index is -0.0944. The zero-order valence-electron chi connectivity index (χ0n) is 13.0. The fourth-order valence-electron chi connectivity index (χ4n) is 1.90. The Kier molecular flexibility index (Phi) is 6.12. The molecule has 17 heavy (non-hydrogen) atoms. The third-order valence-electron chi connectivity index (χ3n) is 2.94. The Morgan fingerprint density at radius 2 is 1.59 bits per heavy atom. The highest BCUT2D eigenvalue weighted by Gasteiger charge is 2.29. The van der Waals surface area contributed by atoms with E-state index in [9.17, 15) is 0 Å². The molecule has 0 saturated heterocycles. The van der Waals surface area contributed by atoms with Gasteiger partial charge in [0.05, 0.1) is 11.7 Å². The summed E-state index contributed by atoms with van der Waals surface area (Å²) in [4.78, 5) is 0. The molecule has 3 nitrogen and oxygen atoms in total. The van der Waals surface area contributed by atoms with Crippen LogP contribution < -0.4 is 5.84 Å². The zero-order valence-corrected chi connectivity index (χ0v) is 13.0. The topological polar surface area (TPSA) is 38.5 Å². The average molecular weight is 244 g/mol. The summed E-state index contributed by atoms with van der Waals surface area (Å²) in [5, 5.41) is 1.78. The predicted molar refractivity (Wildman–Crippen MR) is 74.7 cm³/mol. The van der Waals surface area contributed by atoms with Crippen molar-refractivity contribution in [3.8, 4) is 0 Å². The highest BCUT2D eigenvalue weighted by Crippen LogP contribution is 2.26. The van der Waals surface area contributed by atoms with E-state index >= 15 is 0 Å². The Balaban J connectivity index is 4.59. The van der Waals surface area contributed by atoms with Crippen LogP contribution in [0.5, 0.6) is 0 Å². The smallest absolute Gasteiger partial charge is 0.0602 e. The van der Waals surface area contributed by atoms with Gasteiger partial charge in [-0.1, -0.05) is 13.8 Å². The van der Waals surface area contributed by atoms with E-state index in [1.54, 1.807) is 5.01 Å². The number of rotatable bonds is 6. The molecule has 0 saturated carbocycles. The molecule has 0 bridgehead atoms. The summed E-state index contributed by atoms with van der Waals surface area (Å²) in [6.07, 6.45) is 2.29. The first-order valence-corrected chi connectivity index (χ1v) is 6.60. The van der Waals surface area contributed by atoms with Gasteiger partial charge in [-0.15, -0.1) is 0 Å². The summed E-state index contributed by atoms with van der Waals surface area (Å²) in [5.41, 5.74) is -0.131. The molecule has 0 aromatic carbocycles. The first-order chi connectivity index (χ1) is 7.44. The average Bonchev–Trinajstić information content (AvgIpc) is 1.96. The molecule has 0 aliphatic rings. The number of nitrogens with two attached hydrogens (primary N) is 1. The molecule has 0 radical (unpaired) electrons. The summed E-state index contributed by atoms with van der Waals surface area (Å²) >= 11 is 0. The normalized spacial score (nSPS) is 15.7. The maximum Gasteiger partial charge on any atom is 0.0602 e. The Morgan fingerprint density at radius 3 is 1.88 bits per heavy atom. The standard InChI is InChI=1S/C14H32N2O/c1-11(2)9-12(17-13(3,4)5)10-14(6,7)16(8)15/h11-12H,9-10,15H2,1-8H3. The molecule has 1 atom stereocenters. The van der Waals surface area contributed by atoms with E-state index < -0.39 is 0 Å². The van der Waals surface area contributed by atoms with Gasteiger partial charge in [-0.2, -0.15) is 0 Å². The number of hydrazine groups is 1. The van der Waals surface area contributed by atoms with Crippen LogP contribution in [-0.4, -0.2) is 29.3 Å². The number of hydrogen-bond acceptors (Lipinski definition) is 3. The van der Waals surface area contributed by atoms with E-state index in [1.165, 1.54) is 0 Å². The molecule has 3 heteroatoms. The lowest BCUT2D eigenvalue weighted by Crippen LogP contribution is -2.49. The van der Waals surface area contributed by atoms with Crippen molar-refractivity contribution in [2.24, 2.45) is 11.8 Å². The number of ether oxygens (including phenoxy) is 1. The molecular formula is C14H32N2O. The second kappa shape index (κ2) is 6.17. The molecule has 0 heterocycles. The summed E-state index contributed by atoms with van der Waals surface area (Å²) in [6, 6.07) is 0. The van der Waals surface area contributed by atoms with Gasteiger partial charge in [0.25, 0.3) is 0 Å². The molecule has 0 aromatic heterocycles. The minimum Gasteiger partial charge on any atom is -0.373 e. The van der Waals surface area contributed by atoms with E-state index in [1.807, 2.05) is 7.05 Å². The van der Waals surface area contributed by atoms with Crippen molar-refractivity contribution in [3.05, 3.63) is 0 Å². The molecule has 104 valence electrons. The fraction of sp³-hybridized carbons (Fsp3) is 1.00. The van der Waals surface area contributed by atoms with Gasteiger partial charge in [-0.3, -0.25) is 5.84 Å². The van der Waals surface area contributed by atoms with E-state index in [0.29, 0.717) is 5.92 Å². The van der Waals surface area contributed by atoms with Crippen LogP contribution in [0, 0.1) is 5.92 Å². The van der Waals surface area contributed by atoms with Crippen LogP contribution in [0.3, 0.4) is 0 Å². The molecule has 0 aliphatic carbocycles. The van der Waals surface area contributed by atoms with Crippen LogP contribution in [0.25, 0.3) is 0 Å². The predicted octanol–water partition coefficient (Wildman–Crippen LogP) is 3.19. The van der Waals surface area contributed by atoms with Crippen molar-refractivity contribution < 1.29 is 4.74 Å². The lowest BCUT2D eigenvalue weighted by molar-refractivity contribution is -0.0867. The van der Waals surface area contributed by atoms with Crippen molar-refractivity contribution in [1.29, 1.82) is 0 Å². The Labute approximate surface area is 108 Å². The molecular weight excluding hydrogens is 212 g/mol. The van der Waals surface area contributed by atoms with Crippen molar-refractivity contribution in [1.82, 2.24) is 5.01 Å². The van der Waals surface area contributed by atoms with E-state index in [0.717, 1.165) is 12.8 Å². The third-order valence-corrected chi connectivity index (χ3v) is 2.94.